The molecule has 6 rings (SSSR count). The van der Waals surface area contributed by atoms with E-state index in [0.717, 1.165) is 81.5 Å². The first-order chi connectivity index (χ1) is 28.5. The zero-order chi connectivity index (χ0) is 44.9. The van der Waals surface area contributed by atoms with Crippen molar-refractivity contribution in [3.05, 3.63) is 12.7 Å². The molecule has 7 atom stereocenters. The minimum absolute atomic E-state index is 0.0125. The van der Waals surface area contributed by atoms with Gasteiger partial charge in [-0.1, -0.05) is 72.8 Å². The van der Waals surface area contributed by atoms with Gasteiger partial charge in [0.1, 0.15) is 23.7 Å². The lowest BCUT2D eigenvalue weighted by atomic mass is 9.73. The highest BCUT2D eigenvalue weighted by Gasteiger charge is 2.85. The third-order valence-corrected chi connectivity index (χ3v) is 17.7. The maximum absolute atomic E-state index is 15.3. The first-order valence-electron chi connectivity index (χ1n) is 22.9. The molecule has 16 heteroatoms. The molecule has 0 aromatic rings. The van der Waals surface area contributed by atoms with Gasteiger partial charge >= 0.3 is 10.2 Å². The van der Waals surface area contributed by atoms with Crippen LogP contribution in [0.2, 0.25) is 0 Å². The molecule has 2 heterocycles. The number of ether oxygens (including phenoxy) is 1. The van der Waals surface area contributed by atoms with Gasteiger partial charge in [0, 0.05) is 44.6 Å². The summed E-state index contributed by atoms with van der Waals surface area (Å²) in [7, 11) is -1.48. The first-order valence-corrected chi connectivity index (χ1v) is 24.4. The number of nitrogens with one attached hydrogen (secondary N) is 4. The third kappa shape index (κ3) is 8.52. The number of hydrogen-bond donors (Lipinski definition) is 4. The number of amides is 5. The number of fused-ring (bicyclic) bond motifs is 1. The molecule has 344 valence electrons. The minimum Gasteiger partial charge on any atom is -0.383 e. The second kappa shape index (κ2) is 17.5. The zero-order valence-electron chi connectivity index (χ0n) is 38.4. The average molecular weight is 874 g/mol. The smallest absolute Gasteiger partial charge is 0.303 e. The normalized spacial score (nSPS) is 30.7. The molecule has 0 aromatic heterocycles. The van der Waals surface area contributed by atoms with Crippen LogP contribution in [0.4, 0.5) is 0 Å². The molecule has 4 aliphatic carbocycles. The summed E-state index contributed by atoms with van der Waals surface area (Å²) in [4.78, 5) is 76.6. The van der Waals surface area contributed by atoms with Gasteiger partial charge in [0.15, 0.2) is 0 Å². The van der Waals surface area contributed by atoms with Crippen LogP contribution in [-0.4, -0.2) is 128 Å². The number of carbonyl (C=O) groups is 5. The molecule has 0 aromatic carbocycles. The van der Waals surface area contributed by atoms with Crippen LogP contribution < -0.4 is 20.7 Å². The number of hydrogen-bond acceptors (Lipinski definition) is 9. The van der Waals surface area contributed by atoms with Crippen molar-refractivity contribution in [2.75, 3.05) is 40.4 Å². The summed E-state index contributed by atoms with van der Waals surface area (Å²) in [5.74, 6) is -2.95. The molecular formula is C45H75N7O8S. The molecule has 2 aliphatic heterocycles. The first kappa shape index (κ1) is 47.4. The lowest BCUT2D eigenvalue weighted by Gasteiger charge is -2.40. The van der Waals surface area contributed by atoms with Crippen molar-refractivity contribution in [3.63, 3.8) is 0 Å². The van der Waals surface area contributed by atoms with Gasteiger partial charge < -0.3 is 25.6 Å². The lowest BCUT2D eigenvalue weighted by molar-refractivity contribution is -0.145. The summed E-state index contributed by atoms with van der Waals surface area (Å²) in [6.07, 6.45) is 12.4. The van der Waals surface area contributed by atoms with Gasteiger partial charge in [-0.05, 0) is 93.9 Å². The SMILES string of the molecule is C=C[C@@H]1C[C@]1(NC(=O)[C@@H]1C[C@@]2(CN1C(=O)[C@@H](NC(=O)[C@@H](NC(=O)[C@@H]1CCCCN1C(C)C)C1CCCCC1)C(C)(C)C)C(C)(C)C21CCC1)C(=O)NS(=O)(=O)N(C)CCOC. The van der Waals surface area contributed by atoms with E-state index in [9.17, 15) is 27.6 Å². The van der Waals surface area contributed by atoms with E-state index in [1.807, 2.05) is 20.8 Å². The lowest BCUT2D eigenvalue weighted by Crippen LogP contribution is -2.63. The number of piperidine rings is 1. The molecule has 4 saturated carbocycles. The van der Waals surface area contributed by atoms with Crippen molar-refractivity contribution >= 4 is 39.7 Å². The van der Waals surface area contributed by atoms with E-state index < -0.39 is 62.9 Å². The Morgan fingerprint density at radius 1 is 0.902 bits per heavy atom. The average Bonchev–Trinajstić information content (AvgIpc) is 3.92. The van der Waals surface area contributed by atoms with Gasteiger partial charge in [0.25, 0.3) is 5.91 Å². The van der Waals surface area contributed by atoms with Crippen LogP contribution in [0.15, 0.2) is 12.7 Å². The number of rotatable bonds is 16. The maximum atomic E-state index is 15.3. The zero-order valence-corrected chi connectivity index (χ0v) is 39.2. The van der Waals surface area contributed by atoms with Gasteiger partial charge in [-0.15, -0.1) is 6.58 Å². The quantitative estimate of drug-likeness (QED) is 0.168. The molecule has 4 N–H and O–H groups in total. The Balaban J connectivity index is 1.27. The predicted octanol–water partition coefficient (Wildman–Crippen LogP) is 3.64. The Morgan fingerprint density at radius 3 is 2.10 bits per heavy atom. The predicted molar refractivity (Wildman–Crippen MR) is 233 cm³/mol. The molecule has 0 bridgehead atoms. The summed E-state index contributed by atoms with van der Waals surface area (Å²) in [6, 6.07) is -2.99. The van der Waals surface area contributed by atoms with E-state index in [0.29, 0.717) is 13.0 Å². The molecule has 6 aliphatic rings. The molecule has 2 saturated heterocycles. The number of likely N-dealkylation sites (N-methyl/N-ethyl adjacent to an activating group) is 1. The summed E-state index contributed by atoms with van der Waals surface area (Å²) >= 11 is 0. The van der Waals surface area contributed by atoms with Crippen molar-refractivity contribution in [1.82, 2.24) is 34.8 Å². The topological polar surface area (TPSA) is 187 Å². The molecule has 0 radical (unpaired) electrons. The molecule has 5 amide bonds. The number of nitrogens with zero attached hydrogens (tertiary/aromatic N) is 3. The Kier molecular flexibility index (Phi) is 13.6. The summed E-state index contributed by atoms with van der Waals surface area (Å²) < 4.78 is 34.4. The van der Waals surface area contributed by atoms with Crippen molar-refractivity contribution in [3.8, 4) is 0 Å². The van der Waals surface area contributed by atoms with Gasteiger partial charge in [0.2, 0.25) is 23.6 Å². The second-order valence-corrected chi connectivity index (χ2v) is 22.9. The van der Waals surface area contributed by atoms with Crippen LogP contribution in [0.3, 0.4) is 0 Å². The Hall–Kier alpha value is -3.08. The van der Waals surface area contributed by atoms with Crippen molar-refractivity contribution in [2.24, 2.45) is 33.5 Å². The van der Waals surface area contributed by atoms with Crippen LogP contribution >= 0.6 is 0 Å². The minimum atomic E-state index is -4.26. The highest BCUT2D eigenvalue weighted by atomic mass is 32.2. The van der Waals surface area contributed by atoms with Crippen LogP contribution in [0, 0.1) is 33.5 Å². The summed E-state index contributed by atoms with van der Waals surface area (Å²) in [5.41, 5.74) is -2.91. The second-order valence-electron chi connectivity index (χ2n) is 21.1. The fourth-order valence-corrected chi connectivity index (χ4v) is 12.9. The van der Waals surface area contributed by atoms with Crippen LogP contribution in [0.1, 0.15) is 132 Å². The molecule has 2 spiro atoms. The van der Waals surface area contributed by atoms with E-state index in [4.69, 9.17) is 4.74 Å². The monoisotopic (exact) mass is 874 g/mol. The van der Waals surface area contributed by atoms with Gasteiger partial charge in [-0.2, -0.15) is 12.7 Å². The van der Waals surface area contributed by atoms with E-state index >= 15 is 4.79 Å². The Labute approximate surface area is 364 Å². The Morgan fingerprint density at radius 2 is 1.56 bits per heavy atom. The van der Waals surface area contributed by atoms with Crippen molar-refractivity contribution in [2.45, 2.75) is 168 Å². The van der Waals surface area contributed by atoms with Gasteiger partial charge in [0.05, 0.1) is 12.6 Å². The highest BCUT2D eigenvalue weighted by molar-refractivity contribution is 7.87. The highest BCUT2D eigenvalue weighted by Crippen LogP contribution is 2.88. The van der Waals surface area contributed by atoms with Gasteiger partial charge in [-0.3, -0.25) is 28.9 Å². The van der Waals surface area contributed by atoms with Gasteiger partial charge in [-0.25, -0.2) is 4.72 Å². The van der Waals surface area contributed by atoms with Crippen molar-refractivity contribution in [1.29, 1.82) is 0 Å². The fraction of sp³-hybridized carbons (Fsp3) is 0.844. The number of carbonyl (C=O) groups excluding carboxylic acids is 5. The standard InChI is InChI=1S/C45H75N7O8S/c1-11-31-26-45(31,40(57)49-61(58,59)50(9)24-25-60-10)48-37(54)33-27-44(42(7,8)43(44)21-17-22-43)28-52(33)39(56)35(41(4,5)6)47-38(55)34(30-18-13-12-14-19-30)46-36(53)32-20-15-16-23-51(32)29(2)3/h11,29-35H,1,12-28H2,2-10H3,(H,46,53)(H,47,55)(H,48,54)(H,49,57)/t31-,32+,33+,34+,35-,44-,45-/m1/s1. The van der Waals surface area contributed by atoms with E-state index in [1.54, 1.807) is 4.90 Å². The maximum Gasteiger partial charge on any atom is 0.303 e. The number of likely N-dealkylation sites (tertiary alicyclic amines) is 2. The molecule has 6 fully saturated rings. The van der Waals surface area contributed by atoms with Crippen LogP contribution in [0.25, 0.3) is 0 Å². The van der Waals surface area contributed by atoms with E-state index in [2.05, 4.69) is 59.8 Å². The fourth-order valence-electron chi connectivity index (χ4n) is 12.0. The van der Waals surface area contributed by atoms with Crippen LogP contribution in [-0.2, 0) is 38.9 Å². The largest absolute Gasteiger partial charge is 0.383 e. The number of methoxy groups -OCH3 is 1. The molecule has 0 unspecified atom stereocenters. The Bertz CT molecular complexity index is 1820. The van der Waals surface area contributed by atoms with Crippen LogP contribution in [0.5, 0.6) is 0 Å². The molecular weight excluding hydrogens is 799 g/mol. The molecule has 61 heavy (non-hydrogen) atoms. The third-order valence-electron chi connectivity index (χ3n) is 16.3. The summed E-state index contributed by atoms with van der Waals surface area (Å²) in [5, 5.41) is 9.28. The molecule has 15 nitrogen and oxygen atoms in total. The van der Waals surface area contributed by atoms with Crippen molar-refractivity contribution < 1.29 is 37.1 Å². The van der Waals surface area contributed by atoms with E-state index in [1.165, 1.54) is 20.2 Å². The van der Waals surface area contributed by atoms with E-state index in [-0.39, 0.29) is 65.6 Å². The summed E-state index contributed by atoms with van der Waals surface area (Å²) in [6.45, 7) is 19.4.